The summed E-state index contributed by atoms with van der Waals surface area (Å²) in [7, 11) is 0. The SMILES string of the molecule is [N-]=[N+]=NC1=C[C@H]2[C@@H](C1=O)[C@@H]1C=C[C@H]2C1. The van der Waals surface area contributed by atoms with E-state index >= 15 is 0 Å². The Kier molecular flexibility index (Phi) is 1.39. The monoisotopic (exact) mass is 187 g/mol. The Morgan fingerprint density at radius 2 is 2.21 bits per heavy atom. The Labute approximate surface area is 80.9 Å². The van der Waals surface area contributed by atoms with Crippen molar-refractivity contribution in [3.05, 3.63) is 34.4 Å². The molecule has 14 heavy (non-hydrogen) atoms. The zero-order chi connectivity index (χ0) is 9.71. The van der Waals surface area contributed by atoms with Gasteiger partial charge in [0.05, 0.1) is 5.70 Å². The van der Waals surface area contributed by atoms with E-state index in [0.717, 1.165) is 6.42 Å². The first-order valence-electron chi connectivity index (χ1n) is 4.80. The molecule has 4 atom stereocenters. The number of carbonyl (C=O) groups is 1. The van der Waals surface area contributed by atoms with E-state index in [9.17, 15) is 4.79 Å². The van der Waals surface area contributed by atoms with Crippen LogP contribution in [0.1, 0.15) is 6.42 Å². The second-order valence-electron chi connectivity index (χ2n) is 4.16. The summed E-state index contributed by atoms with van der Waals surface area (Å²) in [6.07, 6.45) is 7.28. The lowest BCUT2D eigenvalue weighted by atomic mass is 9.85. The molecule has 70 valence electrons. The number of allylic oxidation sites excluding steroid dienone is 4. The summed E-state index contributed by atoms with van der Waals surface area (Å²) in [6, 6.07) is 0. The molecule has 2 bridgehead atoms. The van der Waals surface area contributed by atoms with Crippen molar-refractivity contribution in [2.24, 2.45) is 28.8 Å². The summed E-state index contributed by atoms with van der Waals surface area (Å²) in [6.45, 7) is 0. The highest BCUT2D eigenvalue weighted by Crippen LogP contribution is 2.52. The van der Waals surface area contributed by atoms with Gasteiger partial charge >= 0.3 is 0 Å². The number of nitrogens with zero attached hydrogens (tertiary/aromatic N) is 3. The zero-order valence-corrected chi connectivity index (χ0v) is 7.50. The molecule has 0 radical (unpaired) electrons. The van der Waals surface area contributed by atoms with Crippen LogP contribution in [0.3, 0.4) is 0 Å². The first kappa shape index (κ1) is 7.83. The van der Waals surface area contributed by atoms with E-state index in [1.807, 2.05) is 6.08 Å². The molecule has 0 aliphatic heterocycles. The van der Waals surface area contributed by atoms with Crippen molar-refractivity contribution in [2.75, 3.05) is 0 Å². The van der Waals surface area contributed by atoms with Crippen LogP contribution in [0.15, 0.2) is 29.0 Å². The molecule has 1 fully saturated rings. The van der Waals surface area contributed by atoms with Crippen LogP contribution in [0.4, 0.5) is 0 Å². The van der Waals surface area contributed by atoms with Crippen molar-refractivity contribution in [3.8, 4) is 0 Å². The highest BCUT2D eigenvalue weighted by atomic mass is 16.1. The smallest absolute Gasteiger partial charge is 0.169 e. The molecular weight excluding hydrogens is 178 g/mol. The average Bonchev–Trinajstić information content (AvgIpc) is 2.81. The van der Waals surface area contributed by atoms with Crippen molar-refractivity contribution >= 4 is 5.78 Å². The van der Waals surface area contributed by atoms with Crippen molar-refractivity contribution in [3.63, 3.8) is 0 Å². The minimum atomic E-state index is 0.0460. The summed E-state index contributed by atoms with van der Waals surface area (Å²) in [5, 5.41) is 3.45. The molecule has 0 unspecified atom stereocenters. The Hall–Kier alpha value is -1.54. The van der Waals surface area contributed by atoms with Gasteiger partial charge in [-0.2, -0.15) is 0 Å². The van der Waals surface area contributed by atoms with Crippen LogP contribution < -0.4 is 0 Å². The van der Waals surface area contributed by atoms with Gasteiger partial charge < -0.3 is 0 Å². The molecule has 4 nitrogen and oxygen atoms in total. The maximum Gasteiger partial charge on any atom is 0.169 e. The first-order valence-corrected chi connectivity index (χ1v) is 4.80. The number of fused-ring (bicyclic) bond motifs is 5. The summed E-state index contributed by atoms with van der Waals surface area (Å²) < 4.78 is 0. The fourth-order valence-corrected chi connectivity index (χ4v) is 3.02. The summed E-state index contributed by atoms with van der Waals surface area (Å²) >= 11 is 0. The maximum atomic E-state index is 11.8. The average molecular weight is 187 g/mol. The lowest BCUT2D eigenvalue weighted by Gasteiger charge is -2.17. The molecule has 0 spiro atoms. The number of hydrogen-bond donors (Lipinski definition) is 0. The maximum absolute atomic E-state index is 11.8. The molecule has 3 aliphatic rings. The second-order valence-corrected chi connectivity index (χ2v) is 4.16. The van der Waals surface area contributed by atoms with Gasteiger partial charge in [-0.15, -0.1) is 0 Å². The fraction of sp³-hybridized carbons (Fsp3) is 0.500. The third-order valence-electron chi connectivity index (χ3n) is 3.58. The molecular formula is C10H9N3O. The fourth-order valence-electron chi connectivity index (χ4n) is 3.02. The highest BCUT2D eigenvalue weighted by molar-refractivity contribution is 6.00. The molecule has 3 aliphatic carbocycles. The Balaban J connectivity index is 2.01. The molecule has 0 saturated heterocycles. The van der Waals surface area contributed by atoms with Gasteiger partial charge in [-0.05, 0) is 29.7 Å². The topological polar surface area (TPSA) is 65.8 Å². The van der Waals surface area contributed by atoms with Gasteiger partial charge in [-0.25, -0.2) is 0 Å². The molecule has 0 heterocycles. The second kappa shape index (κ2) is 2.49. The van der Waals surface area contributed by atoms with Crippen molar-refractivity contribution in [1.82, 2.24) is 0 Å². The van der Waals surface area contributed by atoms with Gasteiger partial charge in [0.2, 0.25) is 0 Å². The molecule has 0 N–H and O–H groups in total. The van der Waals surface area contributed by atoms with Crippen LogP contribution in [-0.4, -0.2) is 5.78 Å². The Bertz CT molecular complexity index is 417. The number of ketones is 1. The predicted molar refractivity (Wildman–Crippen MR) is 50.0 cm³/mol. The largest absolute Gasteiger partial charge is 0.294 e. The number of carbonyl (C=O) groups excluding carboxylic acids is 1. The molecule has 4 heteroatoms. The quantitative estimate of drug-likeness (QED) is 0.268. The van der Waals surface area contributed by atoms with E-state index in [4.69, 9.17) is 5.53 Å². The summed E-state index contributed by atoms with van der Waals surface area (Å²) in [5.74, 6) is 1.31. The summed E-state index contributed by atoms with van der Waals surface area (Å²) in [4.78, 5) is 14.5. The minimum Gasteiger partial charge on any atom is -0.294 e. The molecule has 0 aromatic carbocycles. The number of rotatable bonds is 1. The highest BCUT2D eigenvalue weighted by Gasteiger charge is 2.50. The van der Waals surface area contributed by atoms with Crippen LogP contribution in [0.2, 0.25) is 0 Å². The predicted octanol–water partition coefficient (Wildman–Crippen LogP) is 2.20. The standard InChI is InChI=1S/C10H9N3O/c11-13-12-8-4-7-5-1-2-6(3-5)9(7)10(8)14/h1-2,4-7,9H,3H2/t5-,6+,7+,9-/m0/s1. The van der Waals surface area contributed by atoms with E-state index in [-0.39, 0.29) is 11.7 Å². The molecule has 3 rings (SSSR count). The van der Waals surface area contributed by atoms with Gasteiger partial charge in [0.1, 0.15) is 0 Å². The zero-order valence-electron chi connectivity index (χ0n) is 7.50. The van der Waals surface area contributed by atoms with Gasteiger partial charge in [0.15, 0.2) is 5.78 Å². The van der Waals surface area contributed by atoms with Crippen LogP contribution in [0.5, 0.6) is 0 Å². The van der Waals surface area contributed by atoms with Gasteiger partial charge in [-0.1, -0.05) is 23.3 Å². The lowest BCUT2D eigenvalue weighted by molar-refractivity contribution is -0.119. The van der Waals surface area contributed by atoms with Gasteiger partial charge in [0.25, 0.3) is 0 Å². The van der Waals surface area contributed by atoms with Crippen LogP contribution in [0.25, 0.3) is 10.4 Å². The van der Waals surface area contributed by atoms with Crippen LogP contribution >= 0.6 is 0 Å². The Morgan fingerprint density at radius 3 is 2.93 bits per heavy atom. The van der Waals surface area contributed by atoms with E-state index in [2.05, 4.69) is 22.2 Å². The molecule has 0 aromatic rings. The third-order valence-corrected chi connectivity index (χ3v) is 3.58. The Morgan fingerprint density at radius 1 is 1.43 bits per heavy atom. The number of hydrogen-bond acceptors (Lipinski definition) is 2. The van der Waals surface area contributed by atoms with Gasteiger partial charge in [-0.3, -0.25) is 4.79 Å². The van der Waals surface area contributed by atoms with E-state index in [1.54, 1.807) is 0 Å². The van der Waals surface area contributed by atoms with E-state index < -0.39 is 0 Å². The first-order chi connectivity index (χ1) is 6.81. The minimum absolute atomic E-state index is 0.0460. The lowest BCUT2D eigenvalue weighted by Crippen LogP contribution is -2.20. The molecule has 0 aromatic heterocycles. The molecule has 0 amide bonds. The van der Waals surface area contributed by atoms with E-state index in [0.29, 0.717) is 23.5 Å². The third kappa shape index (κ3) is 0.788. The van der Waals surface area contributed by atoms with Crippen molar-refractivity contribution in [1.29, 1.82) is 0 Å². The van der Waals surface area contributed by atoms with Crippen molar-refractivity contribution < 1.29 is 4.79 Å². The number of Topliss-reactive ketones (excluding diaryl/α,β-unsaturated/α-hetero) is 1. The van der Waals surface area contributed by atoms with Crippen LogP contribution in [-0.2, 0) is 4.79 Å². The normalized spacial score (nSPS) is 42.3. The van der Waals surface area contributed by atoms with Crippen molar-refractivity contribution in [2.45, 2.75) is 6.42 Å². The molecule has 1 saturated carbocycles. The number of azide groups is 1. The van der Waals surface area contributed by atoms with E-state index in [1.165, 1.54) is 0 Å². The van der Waals surface area contributed by atoms with Gasteiger partial charge in [0, 0.05) is 10.8 Å². The van der Waals surface area contributed by atoms with Crippen LogP contribution in [0, 0.1) is 23.7 Å². The summed E-state index contributed by atoms with van der Waals surface area (Å²) in [5.41, 5.74) is 8.64.